The molecule has 0 N–H and O–H groups in total. The summed E-state index contributed by atoms with van der Waals surface area (Å²) in [6.45, 7) is 1.97. The van der Waals surface area contributed by atoms with E-state index in [0.29, 0.717) is 42.5 Å². The zero-order valence-electron chi connectivity index (χ0n) is 14.9. The number of amides is 2. The lowest BCUT2D eigenvalue weighted by molar-refractivity contribution is 0.0533. The molecule has 0 saturated carbocycles. The maximum Gasteiger partial charge on any atom is 0.272 e. The highest BCUT2D eigenvalue weighted by molar-refractivity contribution is 6.30. The highest BCUT2D eigenvalue weighted by Gasteiger charge is 2.27. The van der Waals surface area contributed by atoms with Gasteiger partial charge in [0.2, 0.25) is 0 Å². The van der Waals surface area contributed by atoms with Crippen LogP contribution in [0.3, 0.4) is 0 Å². The standard InChI is InChI=1S/C20H19ClN4O2/c1-23-13-16(15-4-2-3-5-18(15)23)19(26)24-8-10-25(11-9-24)20(27)17-7-6-14(21)12-22-17/h2-7,12-13H,8-11H2,1H3. The van der Waals surface area contributed by atoms with Crippen molar-refractivity contribution in [2.45, 2.75) is 0 Å². The third-order valence-electron chi connectivity index (χ3n) is 4.93. The van der Waals surface area contributed by atoms with E-state index in [-0.39, 0.29) is 11.8 Å². The molecule has 1 aliphatic heterocycles. The second-order valence-electron chi connectivity index (χ2n) is 6.62. The number of nitrogens with zero attached hydrogens (tertiary/aromatic N) is 4. The summed E-state index contributed by atoms with van der Waals surface area (Å²) < 4.78 is 1.97. The van der Waals surface area contributed by atoms with Gasteiger partial charge in [0.25, 0.3) is 11.8 Å². The lowest BCUT2D eigenvalue weighted by Crippen LogP contribution is -2.50. The molecule has 3 heterocycles. The number of rotatable bonds is 2. The lowest BCUT2D eigenvalue weighted by Gasteiger charge is -2.34. The Morgan fingerprint density at radius 1 is 0.963 bits per heavy atom. The molecule has 0 spiro atoms. The van der Waals surface area contributed by atoms with Gasteiger partial charge in [0.15, 0.2) is 0 Å². The molecule has 1 aromatic carbocycles. The number of fused-ring (bicyclic) bond motifs is 1. The molecule has 2 amide bonds. The van der Waals surface area contributed by atoms with Gasteiger partial charge in [0, 0.05) is 56.5 Å². The molecule has 138 valence electrons. The van der Waals surface area contributed by atoms with Gasteiger partial charge in [-0.15, -0.1) is 0 Å². The summed E-state index contributed by atoms with van der Waals surface area (Å²) >= 11 is 5.82. The second-order valence-corrected chi connectivity index (χ2v) is 7.05. The molecule has 1 fully saturated rings. The Morgan fingerprint density at radius 3 is 2.30 bits per heavy atom. The average molecular weight is 383 g/mol. The first-order valence-corrected chi connectivity index (χ1v) is 9.16. The topological polar surface area (TPSA) is 58.4 Å². The maximum absolute atomic E-state index is 13.0. The van der Waals surface area contributed by atoms with Crippen molar-refractivity contribution in [2.24, 2.45) is 7.05 Å². The number of carbonyl (C=O) groups is 2. The summed E-state index contributed by atoms with van der Waals surface area (Å²) in [4.78, 5) is 33.2. The molecule has 3 aromatic rings. The number of carbonyl (C=O) groups excluding carboxylic acids is 2. The summed E-state index contributed by atoms with van der Waals surface area (Å²) in [5.74, 6) is -0.132. The smallest absolute Gasteiger partial charge is 0.272 e. The third kappa shape index (κ3) is 3.28. The second kappa shape index (κ2) is 7.04. The van der Waals surface area contributed by atoms with Crippen LogP contribution in [0, 0.1) is 0 Å². The largest absolute Gasteiger partial charge is 0.350 e. The van der Waals surface area contributed by atoms with Gasteiger partial charge in [-0.3, -0.25) is 9.59 Å². The number of aromatic nitrogens is 2. The molecule has 1 aliphatic rings. The minimum absolute atomic E-state index is 0.00326. The summed E-state index contributed by atoms with van der Waals surface area (Å²) in [5, 5.41) is 1.45. The van der Waals surface area contributed by atoms with Crippen LogP contribution >= 0.6 is 11.6 Å². The van der Waals surface area contributed by atoms with Crippen LogP contribution in [0.2, 0.25) is 5.02 Å². The fourth-order valence-corrected chi connectivity index (χ4v) is 3.57. The number of para-hydroxylation sites is 1. The highest BCUT2D eigenvalue weighted by atomic mass is 35.5. The van der Waals surface area contributed by atoms with Crippen molar-refractivity contribution in [1.29, 1.82) is 0 Å². The highest BCUT2D eigenvalue weighted by Crippen LogP contribution is 2.22. The molecular formula is C20H19ClN4O2. The van der Waals surface area contributed by atoms with Crippen LogP contribution in [0.4, 0.5) is 0 Å². The van der Waals surface area contributed by atoms with E-state index in [0.717, 1.165) is 10.9 Å². The van der Waals surface area contributed by atoms with Gasteiger partial charge < -0.3 is 14.4 Å². The van der Waals surface area contributed by atoms with Gasteiger partial charge >= 0.3 is 0 Å². The van der Waals surface area contributed by atoms with Crippen LogP contribution in [0.15, 0.2) is 48.8 Å². The predicted octanol–water partition coefficient (Wildman–Crippen LogP) is 2.82. The van der Waals surface area contributed by atoms with Crippen molar-refractivity contribution in [3.8, 4) is 0 Å². The van der Waals surface area contributed by atoms with Gasteiger partial charge in [-0.1, -0.05) is 29.8 Å². The van der Waals surface area contributed by atoms with E-state index in [1.54, 1.807) is 21.9 Å². The van der Waals surface area contributed by atoms with Gasteiger partial charge in [0.05, 0.1) is 10.6 Å². The van der Waals surface area contributed by atoms with Gasteiger partial charge in [-0.05, 0) is 18.2 Å². The first-order valence-electron chi connectivity index (χ1n) is 8.79. The molecule has 2 aromatic heterocycles. The van der Waals surface area contributed by atoms with E-state index < -0.39 is 0 Å². The fraction of sp³-hybridized carbons (Fsp3) is 0.250. The number of hydrogen-bond donors (Lipinski definition) is 0. The van der Waals surface area contributed by atoms with Crippen LogP contribution in [0.25, 0.3) is 10.9 Å². The molecule has 27 heavy (non-hydrogen) atoms. The SMILES string of the molecule is Cn1cc(C(=O)N2CCN(C(=O)c3ccc(Cl)cn3)CC2)c2ccccc21. The van der Waals surface area contributed by atoms with Crippen molar-refractivity contribution in [3.63, 3.8) is 0 Å². The van der Waals surface area contributed by atoms with Crippen molar-refractivity contribution in [1.82, 2.24) is 19.4 Å². The fourth-order valence-electron chi connectivity index (χ4n) is 3.46. The number of piperazine rings is 1. The van der Waals surface area contributed by atoms with Gasteiger partial charge in [0.1, 0.15) is 5.69 Å². The van der Waals surface area contributed by atoms with Crippen LogP contribution in [-0.2, 0) is 7.05 Å². The lowest BCUT2D eigenvalue weighted by atomic mass is 10.1. The van der Waals surface area contributed by atoms with E-state index in [1.807, 2.05) is 42.1 Å². The number of halogens is 1. The zero-order chi connectivity index (χ0) is 19.0. The van der Waals surface area contributed by atoms with Crippen LogP contribution in [0.1, 0.15) is 20.8 Å². The summed E-state index contributed by atoms with van der Waals surface area (Å²) in [5.41, 5.74) is 2.10. The normalized spacial score (nSPS) is 14.6. The molecule has 1 saturated heterocycles. The molecule has 0 bridgehead atoms. The molecule has 0 aliphatic carbocycles. The minimum Gasteiger partial charge on any atom is -0.350 e. The van der Waals surface area contributed by atoms with E-state index in [2.05, 4.69) is 4.98 Å². The van der Waals surface area contributed by atoms with Crippen molar-refractivity contribution < 1.29 is 9.59 Å². The van der Waals surface area contributed by atoms with Crippen molar-refractivity contribution >= 4 is 34.3 Å². The zero-order valence-corrected chi connectivity index (χ0v) is 15.7. The molecule has 0 radical (unpaired) electrons. The number of hydrogen-bond acceptors (Lipinski definition) is 3. The number of pyridine rings is 1. The first-order chi connectivity index (χ1) is 13.0. The summed E-state index contributed by atoms with van der Waals surface area (Å²) in [6, 6.07) is 11.2. The Labute approximate surface area is 162 Å². The monoisotopic (exact) mass is 382 g/mol. The predicted molar refractivity (Wildman–Crippen MR) is 104 cm³/mol. The van der Waals surface area contributed by atoms with Gasteiger partial charge in [-0.2, -0.15) is 0 Å². The summed E-state index contributed by atoms with van der Waals surface area (Å²) in [7, 11) is 1.94. The Balaban J connectivity index is 1.46. The van der Waals surface area contributed by atoms with Crippen molar-refractivity contribution in [2.75, 3.05) is 26.2 Å². The molecule has 6 nitrogen and oxygen atoms in total. The molecule has 7 heteroatoms. The minimum atomic E-state index is -0.135. The van der Waals surface area contributed by atoms with Crippen molar-refractivity contribution in [3.05, 3.63) is 65.1 Å². The summed E-state index contributed by atoms with van der Waals surface area (Å²) in [6.07, 6.45) is 3.34. The Morgan fingerprint density at radius 2 is 1.63 bits per heavy atom. The first kappa shape index (κ1) is 17.5. The molecule has 0 unspecified atom stereocenters. The van der Waals surface area contributed by atoms with Crippen LogP contribution < -0.4 is 0 Å². The maximum atomic E-state index is 13.0. The Hall–Kier alpha value is -2.86. The van der Waals surface area contributed by atoms with Crippen LogP contribution in [0.5, 0.6) is 0 Å². The van der Waals surface area contributed by atoms with E-state index in [4.69, 9.17) is 11.6 Å². The average Bonchev–Trinajstić information content (AvgIpc) is 3.05. The quantitative estimate of drug-likeness (QED) is 0.684. The van der Waals surface area contributed by atoms with E-state index in [1.165, 1.54) is 6.20 Å². The molecule has 4 rings (SSSR count). The number of aryl methyl sites for hydroxylation is 1. The number of benzene rings is 1. The van der Waals surface area contributed by atoms with Gasteiger partial charge in [-0.25, -0.2) is 4.98 Å². The van der Waals surface area contributed by atoms with Crippen LogP contribution in [-0.4, -0.2) is 57.3 Å². The van der Waals surface area contributed by atoms with E-state index in [9.17, 15) is 9.59 Å². The molecule has 0 atom stereocenters. The molecular weight excluding hydrogens is 364 g/mol. The third-order valence-corrected chi connectivity index (χ3v) is 5.15. The Kier molecular flexibility index (Phi) is 4.58. The van der Waals surface area contributed by atoms with E-state index >= 15 is 0 Å². The Bertz CT molecular complexity index is 1000.